The van der Waals surface area contributed by atoms with Crippen LogP contribution in [0.5, 0.6) is 0 Å². The minimum absolute atomic E-state index is 0.0611. The summed E-state index contributed by atoms with van der Waals surface area (Å²) in [6, 6.07) is 17.8. The van der Waals surface area contributed by atoms with E-state index in [2.05, 4.69) is 27.9 Å². The lowest BCUT2D eigenvalue weighted by Crippen LogP contribution is -2.39. The molecule has 5 heteroatoms. The molecule has 1 aliphatic rings. The number of anilines is 1. The number of rotatable bonds is 3. The highest BCUT2D eigenvalue weighted by Crippen LogP contribution is 2.29. The van der Waals surface area contributed by atoms with Gasteiger partial charge < -0.3 is 10.6 Å². The van der Waals surface area contributed by atoms with Gasteiger partial charge in [0.1, 0.15) is 6.17 Å². The number of fused-ring (bicyclic) bond motifs is 1. The number of hydrogen-bond donors (Lipinski definition) is 2. The number of hydrogen-bond acceptors (Lipinski definition) is 3. The van der Waals surface area contributed by atoms with Crippen molar-refractivity contribution in [2.75, 3.05) is 5.32 Å². The number of amides is 1. The number of carbonyl (C=O) groups is 1. The number of carbonyl (C=O) groups excluding carboxylic acids is 1. The van der Waals surface area contributed by atoms with Crippen LogP contribution >= 0.6 is 0 Å². The van der Waals surface area contributed by atoms with Crippen LogP contribution in [0, 0.1) is 13.8 Å². The summed E-state index contributed by atoms with van der Waals surface area (Å²) >= 11 is 0. The second-order valence-corrected chi connectivity index (χ2v) is 6.32. The molecule has 0 unspecified atom stereocenters. The number of aromatic nitrogens is 2. The number of benzene rings is 2. The van der Waals surface area contributed by atoms with Gasteiger partial charge in [-0.2, -0.15) is 5.10 Å². The van der Waals surface area contributed by atoms with E-state index in [1.165, 1.54) is 5.56 Å². The van der Waals surface area contributed by atoms with E-state index in [0.717, 1.165) is 22.6 Å². The van der Waals surface area contributed by atoms with Crippen molar-refractivity contribution >= 4 is 11.6 Å². The average Bonchev–Trinajstić information content (AvgIpc) is 2.89. The summed E-state index contributed by atoms with van der Waals surface area (Å²) in [5, 5.41) is 11.1. The molecule has 2 N–H and O–H groups in total. The molecular formula is C20H20N4O. The van der Waals surface area contributed by atoms with Crippen LogP contribution in [-0.2, 0) is 6.54 Å². The van der Waals surface area contributed by atoms with E-state index in [1.807, 2.05) is 61.0 Å². The average molecular weight is 332 g/mol. The Balaban J connectivity index is 1.67. The van der Waals surface area contributed by atoms with E-state index < -0.39 is 0 Å². The minimum atomic E-state index is -0.271. The zero-order chi connectivity index (χ0) is 17.4. The maximum atomic E-state index is 12.4. The maximum absolute atomic E-state index is 12.4. The Labute approximate surface area is 146 Å². The maximum Gasteiger partial charge on any atom is 0.255 e. The van der Waals surface area contributed by atoms with Gasteiger partial charge in [-0.3, -0.25) is 9.48 Å². The lowest BCUT2D eigenvalue weighted by Gasteiger charge is -2.28. The van der Waals surface area contributed by atoms with Gasteiger partial charge in [0.15, 0.2) is 0 Å². The van der Waals surface area contributed by atoms with Gasteiger partial charge in [0.2, 0.25) is 0 Å². The lowest BCUT2D eigenvalue weighted by molar-refractivity contribution is 0.0935. The molecule has 25 heavy (non-hydrogen) atoms. The molecule has 0 saturated heterocycles. The zero-order valence-corrected chi connectivity index (χ0v) is 14.3. The van der Waals surface area contributed by atoms with Gasteiger partial charge in [0.05, 0.1) is 17.8 Å². The summed E-state index contributed by atoms with van der Waals surface area (Å²) in [7, 11) is 0. The van der Waals surface area contributed by atoms with Crippen LogP contribution in [0.2, 0.25) is 0 Å². The second kappa shape index (κ2) is 6.09. The molecule has 1 amide bonds. The van der Waals surface area contributed by atoms with E-state index in [1.54, 1.807) is 0 Å². The van der Waals surface area contributed by atoms with Gasteiger partial charge in [-0.15, -0.1) is 0 Å². The largest absolute Gasteiger partial charge is 0.361 e. The summed E-state index contributed by atoms with van der Waals surface area (Å²) in [4.78, 5) is 12.4. The highest BCUT2D eigenvalue weighted by atomic mass is 16.2. The van der Waals surface area contributed by atoms with Crippen molar-refractivity contribution in [3.63, 3.8) is 0 Å². The topological polar surface area (TPSA) is 59.0 Å². The lowest BCUT2D eigenvalue weighted by atomic mass is 10.0. The van der Waals surface area contributed by atoms with E-state index in [9.17, 15) is 4.79 Å². The van der Waals surface area contributed by atoms with Crippen LogP contribution in [0.3, 0.4) is 0 Å². The standard InChI is InChI=1S/C20H20N4O/c1-13-18(14(2)24(23-13)12-15-8-4-3-5-9-15)19-21-17-11-7-6-10-16(17)20(25)22-19/h3-11,19,21H,12H2,1-2H3,(H,22,25)/t19-/m1/s1. The van der Waals surface area contributed by atoms with Gasteiger partial charge in [0, 0.05) is 16.9 Å². The van der Waals surface area contributed by atoms with E-state index in [4.69, 9.17) is 0 Å². The zero-order valence-electron chi connectivity index (χ0n) is 14.3. The van der Waals surface area contributed by atoms with Gasteiger partial charge in [-0.1, -0.05) is 42.5 Å². The fourth-order valence-corrected chi connectivity index (χ4v) is 3.39. The molecule has 2 heterocycles. The fourth-order valence-electron chi connectivity index (χ4n) is 3.39. The highest BCUT2D eigenvalue weighted by Gasteiger charge is 2.28. The van der Waals surface area contributed by atoms with Gasteiger partial charge in [-0.25, -0.2) is 0 Å². The Morgan fingerprint density at radius 1 is 1.00 bits per heavy atom. The predicted octanol–water partition coefficient (Wildman–Crippen LogP) is 3.40. The molecule has 2 aromatic carbocycles. The molecule has 3 aromatic rings. The fraction of sp³-hybridized carbons (Fsp3) is 0.200. The first kappa shape index (κ1) is 15.4. The molecule has 1 aliphatic heterocycles. The first-order valence-corrected chi connectivity index (χ1v) is 8.38. The van der Waals surface area contributed by atoms with E-state index >= 15 is 0 Å². The molecule has 1 atom stereocenters. The van der Waals surface area contributed by atoms with Crippen molar-refractivity contribution in [2.24, 2.45) is 0 Å². The van der Waals surface area contributed by atoms with Crippen molar-refractivity contribution < 1.29 is 4.79 Å². The number of nitrogens with zero attached hydrogens (tertiary/aromatic N) is 2. The van der Waals surface area contributed by atoms with Crippen molar-refractivity contribution in [1.29, 1.82) is 0 Å². The Morgan fingerprint density at radius 2 is 1.72 bits per heavy atom. The summed E-state index contributed by atoms with van der Waals surface area (Å²) in [6.07, 6.45) is -0.271. The number of nitrogens with one attached hydrogen (secondary N) is 2. The van der Waals surface area contributed by atoms with Crippen LogP contribution < -0.4 is 10.6 Å². The Hall–Kier alpha value is -3.08. The van der Waals surface area contributed by atoms with Gasteiger partial charge in [0.25, 0.3) is 5.91 Å². The molecule has 0 spiro atoms. The SMILES string of the molecule is Cc1nn(Cc2ccccc2)c(C)c1[C@H]1NC(=O)c2ccccc2N1. The van der Waals surface area contributed by atoms with Crippen LogP contribution in [0.15, 0.2) is 54.6 Å². The highest BCUT2D eigenvalue weighted by molar-refractivity contribution is 6.01. The molecule has 0 aliphatic carbocycles. The van der Waals surface area contributed by atoms with Crippen molar-refractivity contribution in [1.82, 2.24) is 15.1 Å². The second-order valence-electron chi connectivity index (χ2n) is 6.32. The number of para-hydroxylation sites is 1. The van der Waals surface area contributed by atoms with Crippen LogP contribution in [-0.4, -0.2) is 15.7 Å². The molecule has 0 bridgehead atoms. The third-order valence-corrected chi connectivity index (χ3v) is 4.65. The molecule has 1 aromatic heterocycles. The van der Waals surface area contributed by atoms with Gasteiger partial charge in [-0.05, 0) is 31.5 Å². The predicted molar refractivity (Wildman–Crippen MR) is 97.5 cm³/mol. The Kier molecular flexibility index (Phi) is 3.76. The summed E-state index contributed by atoms with van der Waals surface area (Å²) in [5.41, 5.74) is 5.73. The molecule has 5 nitrogen and oxygen atoms in total. The first-order valence-electron chi connectivity index (χ1n) is 8.38. The van der Waals surface area contributed by atoms with Crippen molar-refractivity contribution in [3.8, 4) is 0 Å². The third-order valence-electron chi connectivity index (χ3n) is 4.65. The molecule has 4 rings (SSSR count). The summed E-state index contributed by atoms with van der Waals surface area (Å²) < 4.78 is 1.99. The van der Waals surface area contributed by atoms with Crippen LogP contribution in [0.1, 0.15) is 39.0 Å². The molecule has 0 saturated carbocycles. The minimum Gasteiger partial charge on any atom is -0.361 e. The molecular weight excluding hydrogens is 312 g/mol. The van der Waals surface area contributed by atoms with Crippen molar-refractivity contribution in [3.05, 3.63) is 82.7 Å². The Morgan fingerprint density at radius 3 is 2.52 bits per heavy atom. The first-order chi connectivity index (χ1) is 12.1. The summed E-state index contributed by atoms with van der Waals surface area (Å²) in [5.74, 6) is -0.0611. The monoisotopic (exact) mass is 332 g/mol. The van der Waals surface area contributed by atoms with E-state index in [-0.39, 0.29) is 12.1 Å². The van der Waals surface area contributed by atoms with Gasteiger partial charge >= 0.3 is 0 Å². The Bertz CT molecular complexity index is 930. The van der Waals surface area contributed by atoms with Crippen LogP contribution in [0.25, 0.3) is 0 Å². The number of aryl methyl sites for hydroxylation is 1. The van der Waals surface area contributed by atoms with Crippen molar-refractivity contribution in [2.45, 2.75) is 26.6 Å². The quantitative estimate of drug-likeness (QED) is 0.773. The third kappa shape index (κ3) is 2.78. The smallest absolute Gasteiger partial charge is 0.255 e. The normalized spacial score (nSPS) is 16.1. The van der Waals surface area contributed by atoms with Crippen LogP contribution in [0.4, 0.5) is 5.69 Å². The molecule has 126 valence electrons. The van der Waals surface area contributed by atoms with E-state index in [0.29, 0.717) is 12.1 Å². The summed E-state index contributed by atoms with van der Waals surface area (Å²) in [6.45, 7) is 4.75. The molecule has 0 fully saturated rings. The molecule has 0 radical (unpaired) electrons.